The molecule has 0 amide bonds. The third-order valence-corrected chi connectivity index (χ3v) is 3.20. The van der Waals surface area contributed by atoms with Crippen molar-refractivity contribution in [2.45, 2.75) is 26.3 Å². The molecule has 0 heterocycles. The summed E-state index contributed by atoms with van der Waals surface area (Å²) in [5.74, 6) is 0.521. The van der Waals surface area contributed by atoms with Gasteiger partial charge in [-0.1, -0.05) is 19.1 Å². The maximum Gasteiger partial charge on any atom is 0.308 e. The van der Waals surface area contributed by atoms with Crippen molar-refractivity contribution < 1.29 is 14.3 Å². The first-order valence-corrected chi connectivity index (χ1v) is 7.16. The Morgan fingerprint density at radius 1 is 1.42 bits per heavy atom. The third-order valence-electron chi connectivity index (χ3n) is 2.57. The van der Waals surface area contributed by atoms with Crippen molar-refractivity contribution in [2.24, 2.45) is 0 Å². The van der Waals surface area contributed by atoms with Gasteiger partial charge in [-0.05, 0) is 35.0 Å². The van der Waals surface area contributed by atoms with Gasteiger partial charge in [0.25, 0.3) is 0 Å². The highest BCUT2D eigenvalue weighted by Crippen LogP contribution is 2.29. The molecule has 0 aliphatic carbocycles. The number of esters is 1. The number of nitrogens with one attached hydrogen (secondary N) is 1. The minimum absolute atomic E-state index is 0.250. The number of ether oxygens (including phenoxy) is 2. The van der Waals surface area contributed by atoms with E-state index in [0.29, 0.717) is 6.61 Å². The van der Waals surface area contributed by atoms with Gasteiger partial charge in [0, 0.05) is 12.1 Å². The molecule has 0 spiro atoms. The van der Waals surface area contributed by atoms with Gasteiger partial charge in [0.15, 0.2) is 0 Å². The van der Waals surface area contributed by atoms with Crippen molar-refractivity contribution in [3.63, 3.8) is 0 Å². The van der Waals surface area contributed by atoms with Gasteiger partial charge in [-0.25, -0.2) is 0 Å². The second-order valence-electron chi connectivity index (χ2n) is 4.08. The maximum atomic E-state index is 11.1. The molecule has 1 N–H and O–H groups in total. The van der Waals surface area contributed by atoms with Crippen LogP contribution < -0.4 is 10.1 Å². The van der Waals surface area contributed by atoms with Crippen molar-refractivity contribution in [1.29, 1.82) is 0 Å². The number of carbonyl (C=O) groups is 1. The predicted octanol–water partition coefficient (Wildman–Crippen LogP) is 2.89. The first-order valence-electron chi connectivity index (χ1n) is 6.36. The summed E-state index contributed by atoms with van der Waals surface area (Å²) in [4.78, 5) is 11.1. The number of benzene rings is 1. The fraction of sp³-hybridized carbons (Fsp3) is 0.500. The van der Waals surface area contributed by atoms with Crippen LogP contribution in [-0.4, -0.2) is 26.2 Å². The lowest BCUT2D eigenvalue weighted by molar-refractivity contribution is -0.141. The highest BCUT2D eigenvalue weighted by Gasteiger charge is 2.09. The van der Waals surface area contributed by atoms with Crippen LogP contribution in [0.2, 0.25) is 0 Å². The number of para-hydroxylation sites is 1. The number of hydrogen-bond donors (Lipinski definition) is 1. The normalized spacial score (nSPS) is 10.3. The Hall–Kier alpha value is -1.07. The van der Waals surface area contributed by atoms with E-state index in [1.54, 1.807) is 0 Å². The molecule has 1 aromatic carbocycles. The Bertz CT molecular complexity index is 410. The van der Waals surface area contributed by atoms with Crippen molar-refractivity contribution in [2.75, 3.05) is 20.3 Å². The first-order chi connectivity index (χ1) is 9.19. The Morgan fingerprint density at radius 3 is 2.89 bits per heavy atom. The Kier molecular flexibility index (Phi) is 7.52. The molecule has 0 fully saturated rings. The van der Waals surface area contributed by atoms with Crippen LogP contribution in [0, 0.1) is 0 Å². The zero-order valence-electron chi connectivity index (χ0n) is 11.4. The molecule has 0 atom stereocenters. The van der Waals surface area contributed by atoms with Crippen molar-refractivity contribution in [1.82, 2.24) is 5.32 Å². The molecule has 0 saturated heterocycles. The zero-order chi connectivity index (χ0) is 14.1. The molecule has 0 aromatic heterocycles. The van der Waals surface area contributed by atoms with Gasteiger partial charge in [0.2, 0.25) is 0 Å². The van der Waals surface area contributed by atoms with Crippen LogP contribution in [-0.2, 0) is 16.1 Å². The fourth-order valence-corrected chi connectivity index (χ4v) is 2.11. The van der Waals surface area contributed by atoms with Crippen LogP contribution >= 0.6 is 15.9 Å². The number of halogens is 1. The number of hydrogen-bond acceptors (Lipinski definition) is 4. The number of methoxy groups -OCH3 is 1. The van der Waals surface area contributed by atoms with Crippen LogP contribution in [0.4, 0.5) is 0 Å². The average Bonchev–Trinajstić information content (AvgIpc) is 2.41. The highest BCUT2D eigenvalue weighted by atomic mass is 79.9. The van der Waals surface area contributed by atoms with E-state index in [4.69, 9.17) is 4.74 Å². The van der Waals surface area contributed by atoms with Gasteiger partial charge in [-0.3, -0.25) is 4.79 Å². The van der Waals surface area contributed by atoms with Gasteiger partial charge >= 0.3 is 5.97 Å². The Morgan fingerprint density at radius 2 is 2.21 bits per heavy atom. The molecule has 0 radical (unpaired) electrons. The first kappa shape index (κ1) is 16.0. The van der Waals surface area contributed by atoms with Crippen LogP contribution in [0.5, 0.6) is 5.75 Å². The molecule has 0 aliphatic heterocycles. The van der Waals surface area contributed by atoms with Gasteiger partial charge in [0.1, 0.15) is 5.75 Å². The van der Waals surface area contributed by atoms with Crippen molar-refractivity contribution in [3.05, 3.63) is 28.2 Å². The van der Waals surface area contributed by atoms with E-state index in [9.17, 15) is 4.79 Å². The van der Waals surface area contributed by atoms with E-state index < -0.39 is 0 Å². The minimum atomic E-state index is -0.266. The standard InChI is InChI=1S/C14H20BrNO3/c1-3-8-16-10-11-5-4-6-12(15)14(11)19-9-7-13(17)18-2/h4-6,16H,3,7-10H2,1-2H3. The maximum absolute atomic E-state index is 11.1. The van der Waals surface area contributed by atoms with Crippen LogP contribution in [0.15, 0.2) is 22.7 Å². The second kappa shape index (κ2) is 8.93. The molecule has 0 saturated carbocycles. The average molecular weight is 330 g/mol. The van der Waals surface area contributed by atoms with E-state index >= 15 is 0 Å². The monoisotopic (exact) mass is 329 g/mol. The summed E-state index contributed by atoms with van der Waals surface area (Å²) >= 11 is 3.47. The summed E-state index contributed by atoms with van der Waals surface area (Å²) in [6.07, 6.45) is 1.34. The van der Waals surface area contributed by atoms with Gasteiger partial charge in [-0.15, -0.1) is 0 Å². The summed E-state index contributed by atoms with van der Waals surface area (Å²) in [5, 5.41) is 3.34. The Balaban J connectivity index is 2.61. The molecule has 0 unspecified atom stereocenters. The lowest BCUT2D eigenvalue weighted by Crippen LogP contribution is -2.15. The van der Waals surface area contributed by atoms with E-state index in [2.05, 4.69) is 32.9 Å². The quantitative estimate of drug-likeness (QED) is 0.588. The topological polar surface area (TPSA) is 47.6 Å². The molecular formula is C14H20BrNO3. The molecule has 1 aromatic rings. The lowest BCUT2D eigenvalue weighted by Gasteiger charge is -2.13. The minimum Gasteiger partial charge on any atom is -0.491 e. The van der Waals surface area contributed by atoms with E-state index in [-0.39, 0.29) is 12.4 Å². The second-order valence-corrected chi connectivity index (χ2v) is 4.93. The van der Waals surface area contributed by atoms with Crippen molar-refractivity contribution in [3.8, 4) is 5.75 Å². The molecule has 106 valence electrons. The summed E-state index contributed by atoms with van der Waals surface area (Å²) in [6.45, 7) is 4.16. The van der Waals surface area contributed by atoms with Gasteiger partial charge < -0.3 is 14.8 Å². The molecule has 1 rings (SSSR count). The van der Waals surface area contributed by atoms with E-state index in [1.165, 1.54) is 7.11 Å². The lowest BCUT2D eigenvalue weighted by atomic mass is 10.2. The summed E-state index contributed by atoms with van der Waals surface area (Å²) < 4.78 is 11.2. The summed E-state index contributed by atoms with van der Waals surface area (Å²) in [6, 6.07) is 5.91. The number of rotatable bonds is 8. The molecule has 5 heteroatoms. The Labute approximate surface area is 122 Å². The fourth-order valence-electron chi connectivity index (χ4n) is 1.59. The van der Waals surface area contributed by atoms with Crippen LogP contribution in [0.1, 0.15) is 25.3 Å². The highest BCUT2D eigenvalue weighted by molar-refractivity contribution is 9.10. The summed E-state index contributed by atoms with van der Waals surface area (Å²) in [7, 11) is 1.38. The number of carbonyl (C=O) groups excluding carboxylic acids is 1. The molecule has 0 bridgehead atoms. The SMILES string of the molecule is CCCNCc1cccc(Br)c1OCCC(=O)OC. The van der Waals surface area contributed by atoms with E-state index in [0.717, 1.165) is 35.3 Å². The molecule has 19 heavy (non-hydrogen) atoms. The molecule has 4 nitrogen and oxygen atoms in total. The zero-order valence-corrected chi connectivity index (χ0v) is 13.0. The molecule has 0 aliphatic rings. The van der Waals surface area contributed by atoms with Crippen LogP contribution in [0.3, 0.4) is 0 Å². The summed E-state index contributed by atoms with van der Waals surface area (Å²) in [5.41, 5.74) is 1.08. The van der Waals surface area contributed by atoms with E-state index in [1.807, 2.05) is 18.2 Å². The van der Waals surface area contributed by atoms with Crippen molar-refractivity contribution >= 4 is 21.9 Å². The van der Waals surface area contributed by atoms with Crippen LogP contribution in [0.25, 0.3) is 0 Å². The van der Waals surface area contributed by atoms with Gasteiger partial charge in [0.05, 0.1) is 24.6 Å². The van der Waals surface area contributed by atoms with Gasteiger partial charge in [-0.2, -0.15) is 0 Å². The molecular weight excluding hydrogens is 310 g/mol. The predicted molar refractivity (Wildman–Crippen MR) is 78.3 cm³/mol. The largest absolute Gasteiger partial charge is 0.491 e. The third kappa shape index (κ3) is 5.61. The smallest absolute Gasteiger partial charge is 0.308 e.